The Morgan fingerprint density at radius 1 is 1.14 bits per heavy atom. The van der Waals surface area contributed by atoms with Gasteiger partial charge in [0.25, 0.3) is 5.91 Å². The minimum absolute atomic E-state index is 0.0403. The van der Waals surface area contributed by atoms with Gasteiger partial charge in [-0.25, -0.2) is 0 Å². The van der Waals surface area contributed by atoms with E-state index in [4.69, 9.17) is 0 Å². The Morgan fingerprint density at radius 3 is 2.52 bits per heavy atom. The first kappa shape index (κ1) is 15.1. The quantitative estimate of drug-likeness (QED) is 0.907. The number of carbonyl (C=O) groups excluding carboxylic acids is 1. The van der Waals surface area contributed by atoms with Crippen LogP contribution >= 0.6 is 0 Å². The molecular weight excluding hydrogens is 260 g/mol. The number of carbonyl (C=O) groups is 1. The Labute approximate surface area is 126 Å². The third-order valence-corrected chi connectivity index (χ3v) is 3.38. The topological polar surface area (TPSA) is 32.3 Å². The van der Waals surface area contributed by atoms with Crippen LogP contribution < -0.4 is 5.32 Å². The molecule has 110 valence electrons. The fourth-order valence-corrected chi connectivity index (χ4v) is 2.31. The average Bonchev–Trinajstić information content (AvgIpc) is 2.49. The van der Waals surface area contributed by atoms with Crippen LogP contribution in [0.3, 0.4) is 0 Å². The molecule has 0 heterocycles. The molecule has 2 aromatic rings. The molecule has 21 heavy (non-hydrogen) atoms. The van der Waals surface area contributed by atoms with E-state index in [1.165, 1.54) is 0 Å². The molecule has 0 saturated carbocycles. The second-order valence-electron chi connectivity index (χ2n) is 5.23. The van der Waals surface area contributed by atoms with E-state index in [9.17, 15) is 4.79 Å². The Morgan fingerprint density at radius 2 is 1.86 bits per heavy atom. The van der Waals surface area contributed by atoms with Crippen molar-refractivity contribution in [2.45, 2.75) is 20.4 Å². The molecule has 0 fully saturated rings. The molecule has 1 N–H and O–H groups in total. The van der Waals surface area contributed by atoms with Crippen molar-refractivity contribution in [1.29, 1.82) is 0 Å². The number of nitrogens with one attached hydrogen (secondary N) is 1. The lowest BCUT2D eigenvalue weighted by atomic mass is 10.1. The van der Waals surface area contributed by atoms with Gasteiger partial charge < -0.3 is 10.2 Å². The van der Waals surface area contributed by atoms with Crippen molar-refractivity contribution in [3.05, 3.63) is 65.2 Å². The number of nitrogens with zero attached hydrogens (tertiary/aromatic N) is 1. The summed E-state index contributed by atoms with van der Waals surface area (Å²) >= 11 is 0. The van der Waals surface area contributed by atoms with Crippen LogP contribution in [0.4, 0.5) is 5.69 Å². The van der Waals surface area contributed by atoms with Crippen molar-refractivity contribution >= 4 is 11.6 Å². The van der Waals surface area contributed by atoms with Crippen molar-refractivity contribution in [2.75, 3.05) is 18.9 Å². The van der Waals surface area contributed by atoms with Crippen LogP contribution in [-0.4, -0.2) is 24.4 Å². The maximum absolute atomic E-state index is 12.7. The summed E-state index contributed by atoms with van der Waals surface area (Å²) in [5.41, 5.74) is 3.85. The van der Waals surface area contributed by atoms with E-state index in [2.05, 4.69) is 5.32 Å². The highest BCUT2D eigenvalue weighted by molar-refractivity contribution is 5.99. The van der Waals surface area contributed by atoms with Gasteiger partial charge in [0.05, 0.1) is 5.56 Å². The molecule has 3 heteroatoms. The number of aryl methyl sites for hydroxylation is 1. The Balaban J connectivity index is 2.20. The lowest BCUT2D eigenvalue weighted by molar-refractivity contribution is 0.0786. The van der Waals surface area contributed by atoms with E-state index in [1.54, 1.807) is 4.90 Å². The molecule has 0 radical (unpaired) electrons. The van der Waals surface area contributed by atoms with Crippen LogP contribution in [0.5, 0.6) is 0 Å². The van der Waals surface area contributed by atoms with Gasteiger partial charge in [-0.15, -0.1) is 0 Å². The van der Waals surface area contributed by atoms with Crippen molar-refractivity contribution in [2.24, 2.45) is 0 Å². The van der Waals surface area contributed by atoms with Gasteiger partial charge in [0.1, 0.15) is 0 Å². The molecule has 0 aliphatic heterocycles. The predicted molar refractivity (Wildman–Crippen MR) is 87.6 cm³/mol. The standard InChI is InChI=1S/C18H22N2O/c1-4-19-17-11-10-14(2)12-16(17)18(21)20(3)13-15-8-6-5-7-9-15/h5-12,19H,4,13H2,1-3H3. The maximum Gasteiger partial charge on any atom is 0.256 e. The van der Waals surface area contributed by atoms with E-state index in [1.807, 2.05) is 69.4 Å². The zero-order chi connectivity index (χ0) is 15.2. The number of hydrogen-bond acceptors (Lipinski definition) is 2. The number of rotatable bonds is 5. The summed E-state index contributed by atoms with van der Waals surface area (Å²) in [6.07, 6.45) is 0. The molecule has 0 aliphatic rings. The van der Waals surface area contributed by atoms with Gasteiger partial charge in [0, 0.05) is 25.8 Å². The van der Waals surface area contributed by atoms with E-state index < -0.39 is 0 Å². The van der Waals surface area contributed by atoms with E-state index >= 15 is 0 Å². The van der Waals surface area contributed by atoms with Gasteiger partial charge in [0.2, 0.25) is 0 Å². The summed E-state index contributed by atoms with van der Waals surface area (Å²) in [4.78, 5) is 14.4. The normalized spacial score (nSPS) is 10.2. The minimum atomic E-state index is 0.0403. The van der Waals surface area contributed by atoms with Gasteiger partial charge >= 0.3 is 0 Å². The minimum Gasteiger partial charge on any atom is -0.385 e. The first-order chi connectivity index (χ1) is 10.1. The summed E-state index contributed by atoms with van der Waals surface area (Å²) in [7, 11) is 1.84. The largest absolute Gasteiger partial charge is 0.385 e. The smallest absolute Gasteiger partial charge is 0.256 e. The Hall–Kier alpha value is -2.29. The highest BCUT2D eigenvalue weighted by atomic mass is 16.2. The molecule has 0 aliphatic carbocycles. The summed E-state index contributed by atoms with van der Waals surface area (Å²) in [5.74, 6) is 0.0403. The lowest BCUT2D eigenvalue weighted by Crippen LogP contribution is -2.27. The van der Waals surface area contributed by atoms with Crippen LogP contribution in [0.25, 0.3) is 0 Å². The second-order valence-corrected chi connectivity index (χ2v) is 5.23. The molecule has 3 nitrogen and oxygen atoms in total. The lowest BCUT2D eigenvalue weighted by Gasteiger charge is -2.20. The number of amides is 1. The second kappa shape index (κ2) is 6.93. The fraction of sp³-hybridized carbons (Fsp3) is 0.278. The third kappa shape index (κ3) is 3.85. The highest BCUT2D eigenvalue weighted by Crippen LogP contribution is 2.19. The van der Waals surface area contributed by atoms with Gasteiger partial charge in [-0.2, -0.15) is 0 Å². The maximum atomic E-state index is 12.7. The van der Waals surface area contributed by atoms with Crippen molar-refractivity contribution in [3.8, 4) is 0 Å². The molecule has 0 atom stereocenters. The molecular formula is C18H22N2O. The summed E-state index contributed by atoms with van der Waals surface area (Å²) in [5, 5.41) is 3.26. The molecule has 0 bridgehead atoms. The Kier molecular flexibility index (Phi) is 4.99. The summed E-state index contributed by atoms with van der Waals surface area (Å²) in [6.45, 7) is 5.44. The van der Waals surface area contributed by atoms with Crippen molar-refractivity contribution in [3.63, 3.8) is 0 Å². The predicted octanol–water partition coefficient (Wildman–Crippen LogP) is 3.70. The van der Waals surface area contributed by atoms with Crippen LogP contribution in [0.1, 0.15) is 28.4 Å². The molecule has 0 spiro atoms. The molecule has 0 unspecified atom stereocenters. The van der Waals surface area contributed by atoms with Crippen LogP contribution in [0, 0.1) is 6.92 Å². The molecule has 2 aromatic carbocycles. The number of benzene rings is 2. The van der Waals surface area contributed by atoms with E-state index in [0.717, 1.165) is 28.9 Å². The van der Waals surface area contributed by atoms with Crippen molar-refractivity contribution in [1.82, 2.24) is 4.90 Å². The SMILES string of the molecule is CCNc1ccc(C)cc1C(=O)N(C)Cc1ccccc1. The third-order valence-electron chi connectivity index (χ3n) is 3.38. The first-order valence-electron chi connectivity index (χ1n) is 7.25. The fourth-order valence-electron chi connectivity index (χ4n) is 2.31. The van der Waals surface area contributed by atoms with E-state index in [0.29, 0.717) is 6.54 Å². The molecule has 2 rings (SSSR count). The van der Waals surface area contributed by atoms with Gasteiger partial charge in [-0.1, -0.05) is 42.0 Å². The summed E-state index contributed by atoms with van der Waals surface area (Å²) in [6, 6.07) is 16.0. The van der Waals surface area contributed by atoms with Gasteiger partial charge in [0.15, 0.2) is 0 Å². The summed E-state index contributed by atoms with van der Waals surface area (Å²) < 4.78 is 0. The van der Waals surface area contributed by atoms with Crippen LogP contribution in [0.2, 0.25) is 0 Å². The number of anilines is 1. The molecule has 0 aromatic heterocycles. The Bertz CT molecular complexity index is 608. The first-order valence-corrected chi connectivity index (χ1v) is 7.25. The average molecular weight is 282 g/mol. The zero-order valence-electron chi connectivity index (χ0n) is 12.9. The van der Waals surface area contributed by atoms with Crippen molar-refractivity contribution < 1.29 is 4.79 Å². The van der Waals surface area contributed by atoms with E-state index in [-0.39, 0.29) is 5.91 Å². The highest BCUT2D eigenvalue weighted by Gasteiger charge is 2.16. The number of hydrogen-bond donors (Lipinski definition) is 1. The van der Waals surface area contributed by atoms with Gasteiger partial charge in [-0.05, 0) is 31.5 Å². The molecule has 0 saturated heterocycles. The molecule has 1 amide bonds. The van der Waals surface area contributed by atoms with Gasteiger partial charge in [-0.3, -0.25) is 4.79 Å². The zero-order valence-corrected chi connectivity index (χ0v) is 12.9. The van der Waals surface area contributed by atoms with Crippen LogP contribution in [0.15, 0.2) is 48.5 Å². The monoisotopic (exact) mass is 282 g/mol. The van der Waals surface area contributed by atoms with Crippen LogP contribution in [-0.2, 0) is 6.54 Å².